The Kier molecular flexibility index (Phi) is 6.05. The number of carbonyl (C=O) groups is 1. The summed E-state index contributed by atoms with van der Waals surface area (Å²) in [5.74, 6) is 0.199. The lowest BCUT2D eigenvalue weighted by molar-refractivity contribution is -0.152. The summed E-state index contributed by atoms with van der Waals surface area (Å²) in [6, 6.07) is 15.5. The van der Waals surface area contributed by atoms with E-state index in [1.807, 2.05) is 30.3 Å². The fourth-order valence-electron chi connectivity index (χ4n) is 3.54. The molecule has 7 heteroatoms. The Morgan fingerprint density at radius 3 is 2.46 bits per heavy atom. The molecule has 0 saturated heterocycles. The molecule has 1 N–H and O–H groups in total. The van der Waals surface area contributed by atoms with Crippen molar-refractivity contribution in [3.05, 3.63) is 60.2 Å². The van der Waals surface area contributed by atoms with Crippen molar-refractivity contribution < 1.29 is 22.7 Å². The van der Waals surface area contributed by atoms with Crippen LogP contribution in [0.4, 0.5) is 0 Å². The first-order valence-electron chi connectivity index (χ1n) is 9.23. The summed E-state index contributed by atoms with van der Waals surface area (Å²) in [5, 5.41) is 0. The van der Waals surface area contributed by atoms with Gasteiger partial charge in [-0.05, 0) is 49.6 Å². The highest BCUT2D eigenvalue weighted by Crippen LogP contribution is 2.39. The molecule has 1 saturated carbocycles. The Hall–Kier alpha value is -2.38. The van der Waals surface area contributed by atoms with Crippen molar-refractivity contribution in [3.8, 4) is 5.75 Å². The second-order valence-corrected chi connectivity index (χ2v) is 8.93. The fourth-order valence-corrected chi connectivity index (χ4v) is 4.93. The number of hydrogen-bond donors (Lipinski definition) is 1. The average molecular weight is 404 g/mol. The van der Waals surface area contributed by atoms with Gasteiger partial charge in [0, 0.05) is 6.04 Å². The highest BCUT2D eigenvalue weighted by molar-refractivity contribution is 7.89. The van der Waals surface area contributed by atoms with Crippen molar-refractivity contribution >= 4 is 16.0 Å². The second-order valence-electron chi connectivity index (χ2n) is 7.22. The van der Waals surface area contributed by atoms with Gasteiger partial charge in [0.1, 0.15) is 12.4 Å². The third-order valence-corrected chi connectivity index (χ3v) is 6.78. The molecule has 0 unspecified atom stereocenters. The van der Waals surface area contributed by atoms with Gasteiger partial charge in [0.25, 0.3) is 0 Å². The summed E-state index contributed by atoms with van der Waals surface area (Å²) < 4.78 is 38.8. The van der Waals surface area contributed by atoms with Gasteiger partial charge >= 0.3 is 5.97 Å². The third-order valence-electron chi connectivity index (χ3n) is 5.29. The summed E-state index contributed by atoms with van der Waals surface area (Å²) in [4.78, 5) is 12.3. The number of benzene rings is 2. The molecule has 0 amide bonds. The molecular formula is C21H25NO5S. The van der Waals surface area contributed by atoms with Crippen LogP contribution < -0.4 is 9.46 Å². The zero-order valence-electron chi connectivity index (χ0n) is 16.1. The van der Waals surface area contributed by atoms with Crippen LogP contribution in [0.2, 0.25) is 0 Å². The molecule has 0 spiro atoms. The van der Waals surface area contributed by atoms with E-state index in [1.54, 1.807) is 19.1 Å². The van der Waals surface area contributed by atoms with Gasteiger partial charge in [0.15, 0.2) is 0 Å². The Morgan fingerprint density at radius 2 is 1.82 bits per heavy atom. The smallest absolute Gasteiger partial charge is 0.313 e. The number of sulfonamides is 1. The molecule has 1 aliphatic rings. The maximum Gasteiger partial charge on any atom is 0.313 e. The van der Waals surface area contributed by atoms with Crippen LogP contribution in [0, 0.1) is 5.41 Å². The number of hydrogen-bond acceptors (Lipinski definition) is 5. The Morgan fingerprint density at radius 1 is 1.14 bits per heavy atom. The summed E-state index contributed by atoms with van der Waals surface area (Å²) in [7, 11) is -2.43. The molecule has 3 rings (SSSR count). The molecule has 0 aliphatic heterocycles. The van der Waals surface area contributed by atoms with Crippen LogP contribution in [0.1, 0.15) is 31.7 Å². The van der Waals surface area contributed by atoms with Gasteiger partial charge in [-0.2, -0.15) is 0 Å². The minimum absolute atomic E-state index is 0.138. The lowest BCUT2D eigenvalue weighted by atomic mass is 9.85. The molecule has 2 aromatic rings. The van der Waals surface area contributed by atoms with Crippen molar-refractivity contribution in [1.29, 1.82) is 0 Å². The van der Waals surface area contributed by atoms with Crippen LogP contribution in [0.5, 0.6) is 5.75 Å². The zero-order valence-corrected chi connectivity index (χ0v) is 16.9. The van der Waals surface area contributed by atoms with Crippen molar-refractivity contribution in [1.82, 2.24) is 4.72 Å². The topological polar surface area (TPSA) is 81.7 Å². The summed E-state index contributed by atoms with van der Waals surface area (Å²) in [5.41, 5.74) is 0.185. The van der Waals surface area contributed by atoms with Crippen molar-refractivity contribution in [3.63, 3.8) is 0 Å². The highest BCUT2D eigenvalue weighted by Gasteiger charge is 2.47. The van der Waals surface area contributed by atoms with Crippen LogP contribution in [0.15, 0.2) is 59.5 Å². The summed E-state index contributed by atoms with van der Waals surface area (Å²) in [6.07, 6.45) is 1.97. The van der Waals surface area contributed by atoms with Gasteiger partial charge in [-0.25, -0.2) is 13.1 Å². The fraction of sp³-hybridized carbons (Fsp3) is 0.381. The number of esters is 1. The number of carbonyl (C=O) groups excluding carboxylic acids is 1. The van der Waals surface area contributed by atoms with Crippen LogP contribution in [0.3, 0.4) is 0 Å². The first-order valence-corrected chi connectivity index (χ1v) is 10.7. The van der Waals surface area contributed by atoms with Crippen molar-refractivity contribution in [2.45, 2.75) is 43.7 Å². The van der Waals surface area contributed by atoms with E-state index in [0.717, 1.165) is 12.0 Å². The van der Waals surface area contributed by atoms with Crippen LogP contribution >= 0.6 is 0 Å². The van der Waals surface area contributed by atoms with Crippen LogP contribution in [0.25, 0.3) is 0 Å². The minimum atomic E-state index is -3.75. The number of nitrogens with one attached hydrogen (secondary N) is 1. The standard InChI is InChI=1S/C21H25NO5S/c1-21(20(23)26-2)14-6-9-19(21)22-28(24,25)18-12-10-17(11-13-18)27-15-16-7-4-3-5-8-16/h3-5,7-8,10-13,19,22H,6,9,14-15H2,1-2H3/t19-,21+/m1/s1. The maximum absolute atomic E-state index is 12.8. The average Bonchev–Trinajstić information content (AvgIpc) is 3.07. The first kappa shape index (κ1) is 20.4. The molecular weight excluding hydrogens is 378 g/mol. The number of rotatable bonds is 7. The van der Waals surface area contributed by atoms with E-state index in [1.165, 1.54) is 19.2 Å². The van der Waals surface area contributed by atoms with Crippen LogP contribution in [-0.2, 0) is 26.2 Å². The van der Waals surface area contributed by atoms with Crippen LogP contribution in [-0.4, -0.2) is 27.5 Å². The molecule has 2 aromatic carbocycles. The van der Waals surface area contributed by atoms with Crippen molar-refractivity contribution in [2.24, 2.45) is 5.41 Å². The number of methoxy groups -OCH3 is 1. The quantitative estimate of drug-likeness (QED) is 0.718. The van der Waals surface area contributed by atoms with E-state index in [0.29, 0.717) is 25.2 Å². The second kappa shape index (κ2) is 8.32. The molecule has 0 radical (unpaired) electrons. The Bertz CT molecular complexity index is 912. The van der Waals surface area contributed by atoms with Gasteiger partial charge < -0.3 is 9.47 Å². The lowest BCUT2D eigenvalue weighted by Gasteiger charge is -2.29. The zero-order chi connectivity index (χ0) is 20.2. The number of ether oxygens (including phenoxy) is 2. The molecule has 1 fully saturated rings. The van der Waals surface area contributed by atoms with E-state index < -0.39 is 21.5 Å². The molecule has 0 aromatic heterocycles. The Balaban J connectivity index is 1.67. The van der Waals surface area contributed by atoms with E-state index in [2.05, 4.69) is 4.72 Å². The lowest BCUT2D eigenvalue weighted by Crippen LogP contribution is -2.47. The molecule has 1 aliphatic carbocycles. The Labute approximate surface area is 165 Å². The predicted molar refractivity (Wildman–Crippen MR) is 105 cm³/mol. The van der Waals surface area contributed by atoms with E-state index in [4.69, 9.17) is 9.47 Å². The molecule has 0 heterocycles. The molecule has 2 atom stereocenters. The molecule has 0 bridgehead atoms. The largest absolute Gasteiger partial charge is 0.489 e. The summed E-state index contributed by atoms with van der Waals surface area (Å²) in [6.45, 7) is 2.16. The maximum atomic E-state index is 12.8. The highest BCUT2D eigenvalue weighted by atomic mass is 32.2. The SMILES string of the molecule is COC(=O)[C@@]1(C)CCC[C@H]1NS(=O)(=O)c1ccc(OCc2ccccc2)cc1. The van der Waals surface area contributed by atoms with Gasteiger partial charge in [0.2, 0.25) is 10.0 Å². The first-order chi connectivity index (χ1) is 13.3. The molecule has 6 nitrogen and oxygen atoms in total. The third kappa shape index (κ3) is 4.36. The predicted octanol–water partition coefficient (Wildman–Crippen LogP) is 3.28. The van der Waals surface area contributed by atoms with E-state index >= 15 is 0 Å². The van der Waals surface area contributed by atoms with Crippen molar-refractivity contribution in [2.75, 3.05) is 7.11 Å². The normalized spacial score (nSPS) is 22.0. The monoisotopic (exact) mass is 403 g/mol. The van der Waals surface area contributed by atoms with E-state index in [-0.39, 0.29) is 10.9 Å². The molecule has 28 heavy (non-hydrogen) atoms. The van der Waals surface area contributed by atoms with Gasteiger partial charge in [0.05, 0.1) is 17.4 Å². The summed E-state index contributed by atoms with van der Waals surface area (Å²) >= 11 is 0. The van der Waals surface area contributed by atoms with E-state index in [9.17, 15) is 13.2 Å². The van der Waals surface area contributed by atoms with Gasteiger partial charge in [-0.15, -0.1) is 0 Å². The van der Waals surface area contributed by atoms with Gasteiger partial charge in [-0.3, -0.25) is 4.79 Å². The van der Waals surface area contributed by atoms with Gasteiger partial charge in [-0.1, -0.05) is 36.8 Å². The minimum Gasteiger partial charge on any atom is -0.489 e. The molecule has 150 valence electrons.